The van der Waals surface area contributed by atoms with Gasteiger partial charge in [0.15, 0.2) is 0 Å². The molecule has 2 aromatic heterocycles. The molecule has 126 valence electrons. The van der Waals surface area contributed by atoms with Gasteiger partial charge in [-0.3, -0.25) is 0 Å². The van der Waals surface area contributed by atoms with Gasteiger partial charge in [0.25, 0.3) is 0 Å². The summed E-state index contributed by atoms with van der Waals surface area (Å²) < 4.78 is 13.4. The fourth-order valence-electron chi connectivity index (χ4n) is 3.43. The molecule has 24 heavy (non-hydrogen) atoms. The van der Waals surface area contributed by atoms with E-state index in [0.29, 0.717) is 6.61 Å². The lowest BCUT2D eigenvalue weighted by Crippen LogP contribution is -2.03. The van der Waals surface area contributed by atoms with Crippen molar-refractivity contribution in [2.24, 2.45) is 0 Å². The highest BCUT2D eigenvalue weighted by Crippen LogP contribution is 2.36. The zero-order valence-corrected chi connectivity index (χ0v) is 15.1. The first-order chi connectivity index (χ1) is 11.5. The van der Waals surface area contributed by atoms with Gasteiger partial charge in [-0.25, -0.2) is 0 Å². The lowest BCUT2D eigenvalue weighted by molar-refractivity contribution is 0.336. The molecule has 0 radical (unpaired) electrons. The fourth-order valence-corrected chi connectivity index (χ4v) is 3.43. The minimum absolute atomic E-state index is 0.629. The summed E-state index contributed by atoms with van der Waals surface area (Å²) in [4.78, 5) is 0. The number of aryl methyl sites for hydroxylation is 4. The summed E-state index contributed by atoms with van der Waals surface area (Å²) in [6.07, 6.45) is 0. The molecule has 0 saturated carbocycles. The molecule has 5 nitrogen and oxygen atoms in total. The van der Waals surface area contributed by atoms with Crippen molar-refractivity contribution in [3.8, 4) is 17.2 Å². The van der Waals surface area contributed by atoms with Gasteiger partial charge in [0.1, 0.15) is 11.5 Å². The molecule has 0 saturated heterocycles. The van der Waals surface area contributed by atoms with Crippen LogP contribution in [0.4, 0.5) is 0 Å². The number of hydrogen-bond acceptors (Lipinski definition) is 4. The van der Waals surface area contributed by atoms with E-state index in [-0.39, 0.29) is 0 Å². The lowest BCUT2D eigenvalue weighted by Gasteiger charge is -2.15. The van der Waals surface area contributed by atoms with Crippen molar-refractivity contribution in [3.05, 3.63) is 41.0 Å². The largest absolute Gasteiger partial charge is 0.494 e. The zero-order valence-electron chi connectivity index (χ0n) is 15.1. The normalized spacial score (nSPS) is 11.1. The van der Waals surface area contributed by atoms with Crippen molar-refractivity contribution in [2.75, 3.05) is 13.7 Å². The van der Waals surface area contributed by atoms with Gasteiger partial charge in [0.2, 0.25) is 0 Å². The second-order valence-electron chi connectivity index (χ2n) is 5.89. The molecular weight excluding hydrogens is 302 g/mol. The van der Waals surface area contributed by atoms with Gasteiger partial charge in [0, 0.05) is 28.2 Å². The molecule has 0 N–H and O–H groups in total. The highest BCUT2D eigenvalue weighted by atomic mass is 16.5. The minimum Gasteiger partial charge on any atom is -0.494 e. The summed E-state index contributed by atoms with van der Waals surface area (Å²) >= 11 is 0. The molecule has 0 aliphatic heterocycles. The number of rotatable bonds is 4. The topological polar surface area (TPSA) is 49.2 Å². The predicted molar refractivity (Wildman–Crippen MR) is 95.5 cm³/mol. The molecule has 3 rings (SSSR count). The van der Waals surface area contributed by atoms with E-state index in [1.807, 2.05) is 39.0 Å². The van der Waals surface area contributed by atoms with Crippen LogP contribution in [0.5, 0.6) is 11.5 Å². The predicted octanol–water partition coefficient (Wildman–Crippen LogP) is 4.06. The van der Waals surface area contributed by atoms with Gasteiger partial charge in [-0.1, -0.05) is 0 Å². The van der Waals surface area contributed by atoms with E-state index in [1.54, 1.807) is 7.11 Å². The second kappa shape index (κ2) is 6.15. The summed E-state index contributed by atoms with van der Waals surface area (Å²) in [6.45, 7) is 10.8. The highest BCUT2D eigenvalue weighted by molar-refractivity contribution is 5.92. The van der Waals surface area contributed by atoms with Gasteiger partial charge in [0.05, 0.1) is 30.8 Å². The molecule has 1 aromatic carbocycles. The van der Waals surface area contributed by atoms with E-state index >= 15 is 0 Å². The highest BCUT2D eigenvalue weighted by Gasteiger charge is 2.19. The maximum Gasteiger partial charge on any atom is 0.146 e. The summed E-state index contributed by atoms with van der Waals surface area (Å²) in [5.41, 5.74) is 5.16. The molecule has 2 heterocycles. The van der Waals surface area contributed by atoms with Crippen LogP contribution in [-0.2, 0) is 0 Å². The van der Waals surface area contributed by atoms with Crippen LogP contribution in [0.1, 0.15) is 29.7 Å². The summed E-state index contributed by atoms with van der Waals surface area (Å²) in [6, 6.07) is 5.94. The van der Waals surface area contributed by atoms with E-state index < -0.39 is 0 Å². The first kappa shape index (κ1) is 16.3. The number of methoxy groups -OCH3 is 1. The molecule has 5 heteroatoms. The SMILES string of the molecule is CCOc1ccc(-n2c(C)c3c(C)nnc(C)c3c2C)c(OC)c1. The van der Waals surface area contributed by atoms with Gasteiger partial charge in [-0.15, -0.1) is 0 Å². The quantitative estimate of drug-likeness (QED) is 0.726. The Bertz CT molecular complexity index is 868. The van der Waals surface area contributed by atoms with Crippen LogP contribution in [0.15, 0.2) is 18.2 Å². The van der Waals surface area contributed by atoms with E-state index in [0.717, 1.165) is 50.7 Å². The first-order valence-electron chi connectivity index (χ1n) is 8.12. The van der Waals surface area contributed by atoms with Crippen molar-refractivity contribution in [1.82, 2.24) is 14.8 Å². The summed E-state index contributed by atoms with van der Waals surface area (Å²) in [5, 5.41) is 10.9. The minimum atomic E-state index is 0.629. The van der Waals surface area contributed by atoms with Crippen LogP contribution in [0, 0.1) is 27.7 Å². The standard InChI is InChI=1S/C19H23N3O2/c1-7-24-15-8-9-16(17(10-15)23-6)22-13(4)18-11(2)20-21-12(3)19(18)14(22)5/h8-10H,7H2,1-6H3. The number of fused-ring (bicyclic) bond motifs is 1. The Hall–Kier alpha value is -2.56. The molecule has 0 amide bonds. The third-order valence-electron chi connectivity index (χ3n) is 4.42. The van der Waals surface area contributed by atoms with Crippen molar-refractivity contribution in [1.29, 1.82) is 0 Å². The molecule has 0 spiro atoms. The van der Waals surface area contributed by atoms with E-state index in [1.165, 1.54) is 0 Å². The number of nitrogens with zero attached hydrogens (tertiary/aromatic N) is 3. The van der Waals surface area contributed by atoms with Gasteiger partial charge in [-0.2, -0.15) is 10.2 Å². The molecule has 0 aliphatic rings. The molecule has 0 unspecified atom stereocenters. The molecular formula is C19H23N3O2. The summed E-state index contributed by atoms with van der Waals surface area (Å²) in [5.74, 6) is 1.59. The van der Waals surface area contributed by atoms with E-state index in [4.69, 9.17) is 9.47 Å². The van der Waals surface area contributed by atoms with Gasteiger partial charge in [-0.05, 0) is 46.8 Å². The van der Waals surface area contributed by atoms with Crippen molar-refractivity contribution >= 4 is 10.8 Å². The smallest absolute Gasteiger partial charge is 0.146 e. The third-order valence-corrected chi connectivity index (χ3v) is 4.42. The Kier molecular flexibility index (Phi) is 4.18. The van der Waals surface area contributed by atoms with Gasteiger partial charge < -0.3 is 14.0 Å². The number of aromatic nitrogens is 3. The maximum absolute atomic E-state index is 5.62. The van der Waals surface area contributed by atoms with E-state index in [2.05, 4.69) is 28.6 Å². The van der Waals surface area contributed by atoms with Crippen molar-refractivity contribution < 1.29 is 9.47 Å². The molecule has 3 aromatic rings. The van der Waals surface area contributed by atoms with Crippen LogP contribution in [0.3, 0.4) is 0 Å². The Morgan fingerprint density at radius 1 is 0.958 bits per heavy atom. The lowest BCUT2D eigenvalue weighted by atomic mass is 10.1. The van der Waals surface area contributed by atoms with Crippen LogP contribution >= 0.6 is 0 Å². The summed E-state index contributed by atoms with van der Waals surface area (Å²) in [7, 11) is 1.68. The number of ether oxygens (including phenoxy) is 2. The monoisotopic (exact) mass is 325 g/mol. The maximum atomic E-state index is 5.62. The van der Waals surface area contributed by atoms with E-state index in [9.17, 15) is 0 Å². The zero-order chi connectivity index (χ0) is 17.4. The Balaban J connectivity index is 2.31. The van der Waals surface area contributed by atoms with Crippen LogP contribution in [0.2, 0.25) is 0 Å². The number of benzene rings is 1. The third kappa shape index (κ3) is 2.40. The fraction of sp³-hybridized carbons (Fsp3) is 0.368. The first-order valence-corrected chi connectivity index (χ1v) is 8.12. The van der Waals surface area contributed by atoms with Gasteiger partial charge >= 0.3 is 0 Å². The van der Waals surface area contributed by atoms with Crippen molar-refractivity contribution in [3.63, 3.8) is 0 Å². The molecule has 0 aliphatic carbocycles. The average Bonchev–Trinajstić information content (AvgIpc) is 2.83. The Morgan fingerprint density at radius 3 is 2.04 bits per heavy atom. The molecule has 0 fully saturated rings. The van der Waals surface area contributed by atoms with Crippen LogP contribution in [0.25, 0.3) is 16.5 Å². The Labute approximate surface area is 142 Å². The van der Waals surface area contributed by atoms with Crippen LogP contribution < -0.4 is 9.47 Å². The Morgan fingerprint density at radius 2 is 1.54 bits per heavy atom. The molecule has 0 atom stereocenters. The second-order valence-corrected chi connectivity index (χ2v) is 5.89. The molecule has 0 bridgehead atoms. The average molecular weight is 325 g/mol. The van der Waals surface area contributed by atoms with Crippen LogP contribution in [-0.4, -0.2) is 28.5 Å². The van der Waals surface area contributed by atoms with Crippen molar-refractivity contribution in [2.45, 2.75) is 34.6 Å². The number of hydrogen-bond donors (Lipinski definition) is 0.